The second-order valence-electron chi connectivity index (χ2n) is 5.08. The van der Waals surface area contributed by atoms with Crippen LogP contribution in [-0.4, -0.2) is 24.1 Å². The summed E-state index contributed by atoms with van der Waals surface area (Å²) in [5, 5.41) is 13.3. The van der Waals surface area contributed by atoms with Crippen molar-refractivity contribution in [3.8, 4) is 6.07 Å². The maximum atomic E-state index is 8.73. The number of hydrogen-bond acceptors (Lipinski definition) is 3. The van der Waals surface area contributed by atoms with Crippen LogP contribution in [0.25, 0.3) is 0 Å². The first-order valence-corrected chi connectivity index (χ1v) is 7.20. The average Bonchev–Trinajstić information content (AvgIpc) is 2.86. The second-order valence-corrected chi connectivity index (χ2v) is 6.22. The third kappa shape index (κ3) is 2.89. The molecule has 0 saturated heterocycles. The van der Waals surface area contributed by atoms with E-state index >= 15 is 0 Å². The standard InChI is InChI=1S/C12H20N2S/c1-15-11-3-2-10(8-11)14-9-12(4-5-12)6-7-13/h10-11,14H,2-6,8-9H2,1H3. The van der Waals surface area contributed by atoms with E-state index in [9.17, 15) is 0 Å². The predicted octanol–water partition coefficient (Wildman–Crippen LogP) is 2.55. The summed E-state index contributed by atoms with van der Waals surface area (Å²) in [4.78, 5) is 0. The van der Waals surface area contributed by atoms with Crippen molar-refractivity contribution >= 4 is 11.8 Å². The highest BCUT2D eigenvalue weighted by molar-refractivity contribution is 7.99. The molecule has 0 aromatic carbocycles. The van der Waals surface area contributed by atoms with Crippen LogP contribution in [0.3, 0.4) is 0 Å². The van der Waals surface area contributed by atoms with Gasteiger partial charge in [-0.1, -0.05) is 0 Å². The zero-order valence-corrected chi connectivity index (χ0v) is 10.3. The summed E-state index contributed by atoms with van der Waals surface area (Å²) in [5.41, 5.74) is 0.367. The van der Waals surface area contributed by atoms with E-state index in [1.54, 1.807) is 0 Å². The van der Waals surface area contributed by atoms with Gasteiger partial charge in [0.1, 0.15) is 0 Å². The minimum atomic E-state index is 0.367. The Morgan fingerprint density at radius 1 is 1.47 bits per heavy atom. The highest BCUT2D eigenvalue weighted by Gasteiger charge is 2.42. The molecule has 0 aromatic rings. The maximum Gasteiger partial charge on any atom is 0.0628 e. The average molecular weight is 224 g/mol. The van der Waals surface area contributed by atoms with Gasteiger partial charge in [0.05, 0.1) is 6.07 Å². The SMILES string of the molecule is CSC1CCC(NCC2(CC#N)CC2)C1. The van der Waals surface area contributed by atoms with E-state index < -0.39 is 0 Å². The molecule has 0 heterocycles. The lowest BCUT2D eigenvalue weighted by molar-refractivity contribution is 0.417. The first-order valence-electron chi connectivity index (χ1n) is 5.91. The number of thioether (sulfide) groups is 1. The van der Waals surface area contributed by atoms with Crippen molar-refractivity contribution in [1.82, 2.24) is 5.32 Å². The Hall–Kier alpha value is -0.200. The van der Waals surface area contributed by atoms with E-state index in [0.717, 1.165) is 24.3 Å². The quantitative estimate of drug-likeness (QED) is 0.779. The number of hydrogen-bond donors (Lipinski definition) is 1. The molecule has 2 rings (SSSR count). The lowest BCUT2D eigenvalue weighted by Gasteiger charge is -2.17. The summed E-state index contributed by atoms with van der Waals surface area (Å²) in [6, 6.07) is 3.04. The van der Waals surface area contributed by atoms with Crippen LogP contribution < -0.4 is 5.32 Å². The summed E-state index contributed by atoms with van der Waals surface area (Å²) in [6.07, 6.45) is 9.49. The minimum Gasteiger partial charge on any atom is -0.313 e. The summed E-state index contributed by atoms with van der Waals surface area (Å²) in [5.74, 6) is 0. The van der Waals surface area contributed by atoms with Crippen LogP contribution in [-0.2, 0) is 0 Å². The molecule has 0 spiro atoms. The monoisotopic (exact) mass is 224 g/mol. The van der Waals surface area contributed by atoms with E-state index in [0.29, 0.717) is 5.41 Å². The van der Waals surface area contributed by atoms with Gasteiger partial charge in [-0.3, -0.25) is 0 Å². The molecule has 0 amide bonds. The van der Waals surface area contributed by atoms with Crippen molar-refractivity contribution in [1.29, 1.82) is 5.26 Å². The van der Waals surface area contributed by atoms with Crippen molar-refractivity contribution in [2.75, 3.05) is 12.8 Å². The highest BCUT2D eigenvalue weighted by atomic mass is 32.2. The number of rotatable bonds is 5. The van der Waals surface area contributed by atoms with Crippen molar-refractivity contribution < 1.29 is 0 Å². The van der Waals surface area contributed by atoms with Gasteiger partial charge in [0.2, 0.25) is 0 Å². The van der Waals surface area contributed by atoms with Gasteiger partial charge >= 0.3 is 0 Å². The molecule has 2 fully saturated rings. The van der Waals surface area contributed by atoms with Crippen molar-refractivity contribution in [2.24, 2.45) is 5.41 Å². The molecular weight excluding hydrogens is 204 g/mol. The second kappa shape index (κ2) is 4.76. The largest absolute Gasteiger partial charge is 0.313 e. The number of nitriles is 1. The van der Waals surface area contributed by atoms with Gasteiger partial charge in [-0.15, -0.1) is 0 Å². The van der Waals surface area contributed by atoms with Crippen LogP contribution in [0, 0.1) is 16.7 Å². The third-order valence-electron chi connectivity index (χ3n) is 3.89. The molecule has 2 unspecified atom stereocenters. The summed E-state index contributed by atoms with van der Waals surface area (Å²) in [7, 11) is 0. The van der Waals surface area contributed by atoms with Crippen LogP contribution in [0.5, 0.6) is 0 Å². The van der Waals surface area contributed by atoms with Crippen LogP contribution in [0.1, 0.15) is 38.5 Å². The van der Waals surface area contributed by atoms with Gasteiger partial charge in [0.15, 0.2) is 0 Å². The van der Waals surface area contributed by atoms with Gasteiger partial charge in [-0.25, -0.2) is 0 Å². The molecule has 2 nitrogen and oxygen atoms in total. The van der Waals surface area contributed by atoms with E-state index in [1.165, 1.54) is 32.1 Å². The van der Waals surface area contributed by atoms with E-state index in [1.807, 2.05) is 11.8 Å². The van der Waals surface area contributed by atoms with Crippen molar-refractivity contribution in [2.45, 2.75) is 49.8 Å². The van der Waals surface area contributed by atoms with Crippen LogP contribution in [0.2, 0.25) is 0 Å². The zero-order chi connectivity index (χ0) is 10.7. The van der Waals surface area contributed by atoms with Gasteiger partial charge in [-0.05, 0) is 43.8 Å². The van der Waals surface area contributed by atoms with E-state index in [-0.39, 0.29) is 0 Å². The topological polar surface area (TPSA) is 35.8 Å². The molecular formula is C12H20N2S. The highest BCUT2D eigenvalue weighted by Crippen LogP contribution is 2.48. The molecule has 0 bridgehead atoms. The molecule has 0 aliphatic heterocycles. The Labute approximate surface area is 96.8 Å². The Morgan fingerprint density at radius 2 is 2.27 bits per heavy atom. The van der Waals surface area contributed by atoms with Gasteiger partial charge in [-0.2, -0.15) is 17.0 Å². The normalized spacial score (nSPS) is 32.5. The fourth-order valence-corrected chi connectivity index (χ4v) is 3.26. The van der Waals surface area contributed by atoms with E-state index in [2.05, 4.69) is 17.6 Å². The smallest absolute Gasteiger partial charge is 0.0628 e. The van der Waals surface area contributed by atoms with Gasteiger partial charge < -0.3 is 5.32 Å². The molecule has 2 atom stereocenters. The molecule has 3 heteroatoms. The van der Waals surface area contributed by atoms with Crippen LogP contribution >= 0.6 is 11.8 Å². The predicted molar refractivity (Wildman–Crippen MR) is 64.8 cm³/mol. The summed E-state index contributed by atoms with van der Waals surface area (Å²) < 4.78 is 0. The van der Waals surface area contributed by atoms with Crippen molar-refractivity contribution in [3.05, 3.63) is 0 Å². The molecule has 2 aliphatic carbocycles. The van der Waals surface area contributed by atoms with Crippen molar-refractivity contribution in [3.63, 3.8) is 0 Å². The molecule has 0 radical (unpaired) electrons. The molecule has 1 N–H and O–H groups in total. The molecule has 2 aliphatic rings. The van der Waals surface area contributed by atoms with Crippen LogP contribution in [0.15, 0.2) is 0 Å². The molecule has 84 valence electrons. The summed E-state index contributed by atoms with van der Waals surface area (Å²) in [6.45, 7) is 1.08. The van der Waals surface area contributed by atoms with Gasteiger partial charge in [0, 0.05) is 24.3 Å². The maximum absolute atomic E-state index is 8.73. The van der Waals surface area contributed by atoms with E-state index in [4.69, 9.17) is 5.26 Å². The number of nitrogens with zero attached hydrogens (tertiary/aromatic N) is 1. The van der Waals surface area contributed by atoms with Crippen LogP contribution in [0.4, 0.5) is 0 Å². The lowest BCUT2D eigenvalue weighted by Crippen LogP contribution is -2.32. The Bertz CT molecular complexity index is 255. The number of nitrogens with one attached hydrogen (secondary N) is 1. The fraction of sp³-hybridized carbons (Fsp3) is 0.917. The zero-order valence-electron chi connectivity index (χ0n) is 9.46. The molecule has 0 aromatic heterocycles. The molecule has 2 saturated carbocycles. The Morgan fingerprint density at radius 3 is 2.80 bits per heavy atom. The fourth-order valence-electron chi connectivity index (χ4n) is 2.46. The first kappa shape index (κ1) is 11.3. The molecule has 15 heavy (non-hydrogen) atoms. The Balaban J connectivity index is 1.69. The summed E-state index contributed by atoms with van der Waals surface area (Å²) >= 11 is 2.00. The minimum absolute atomic E-state index is 0.367. The Kier molecular flexibility index (Phi) is 3.58. The third-order valence-corrected chi connectivity index (χ3v) is 4.99. The lowest BCUT2D eigenvalue weighted by atomic mass is 10.0. The first-order chi connectivity index (χ1) is 7.28. The van der Waals surface area contributed by atoms with Gasteiger partial charge in [0.25, 0.3) is 0 Å².